The number of benzene rings is 2. The fourth-order valence-corrected chi connectivity index (χ4v) is 3.60. The van der Waals surface area contributed by atoms with Crippen molar-refractivity contribution in [3.05, 3.63) is 67.7 Å². The van der Waals surface area contributed by atoms with Crippen molar-refractivity contribution in [3.63, 3.8) is 0 Å². The van der Waals surface area contributed by atoms with Gasteiger partial charge in [-0.3, -0.25) is 10.1 Å². The second-order valence-corrected chi connectivity index (χ2v) is 6.62. The van der Waals surface area contributed by atoms with E-state index in [1.54, 1.807) is 6.07 Å². The van der Waals surface area contributed by atoms with Crippen molar-refractivity contribution in [2.75, 3.05) is 11.9 Å². The Kier molecular flexibility index (Phi) is 3.58. The van der Waals surface area contributed by atoms with Crippen LogP contribution in [0, 0.1) is 16.0 Å². The van der Waals surface area contributed by atoms with Gasteiger partial charge in [0.15, 0.2) is 0 Å². The Labute approximate surface area is 147 Å². The number of nitrogens with zero attached hydrogens (tertiary/aromatic N) is 2. The van der Waals surface area contributed by atoms with Gasteiger partial charge >= 0.3 is 0 Å². The maximum atomic E-state index is 11.3. The van der Waals surface area contributed by atoms with E-state index in [0.29, 0.717) is 27.8 Å². The Morgan fingerprint density at radius 1 is 1.17 bits per heavy atom. The molecule has 2 aliphatic heterocycles. The van der Waals surface area contributed by atoms with Gasteiger partial charge in [-0.2, -0.15) is 5.10 Å². The quantitative estimate of drug-likeness (QED) is 0.625. The first kappa shape index (κ1) is 15.2. The molecule has 4 rings (SSSR count). The van der Waals surface area contributed by atoms with E-state index in [9.17, 15) is 10.1 Å². The van der Waals surface area contributed by atoms with Gasteiger partial charge in [-0.05, 0) is 23.8 Å². The minimum atomic E-state index is -0.433. The summed E-state index contributed by atoms with van der Waals surface area (Å²) in [5.41, 5.74) is 6.09. The van der Waals surface area contributed by atoms with E-state index in [1.807, 2.05) is 24.3 Å². The zero-order valence-electron chi connectivity index (χ0n) is 12.3. The molecule has 2 heterocycles. The topological polar surface area (TPSA) is 79.6 Å². The fraction of sp³-hybridized carbons (Fsp3) is 0.188. The first-order chi connectivity index (χ1) is 11.5. The van der Waals surface area contributed by atoms with Gasteiger partial charge in [0.25, 0.3) is 5.69 Å². The van der Waals surface area contributed by atoms with E-state index in [2.05, 4.69) is 15.8 Å². The minimum Gasteiger partial charge on any atom is -0.378 e. The number of fused-ring (bicyclic) bond motifs is 3. The van der Waals surface area contributed by atoms with Crippen LogP contribution in [0.2, 0.25) is 10.0 Å². The molecule has 2 unspecified atom stereocenters. The maximum Gasteiger partial charge on any atom is 0.294 e. The van der Waals surface area contributed by atoms with E-state index in [-0.39, 0.29) is 17.6 Å². The van der Waals surface area contributed by atoms with Crippen LogP contribution >= 0.6 is 23.2 Å². The molecule has 2 aromatic rings. The van der Waals surface area contributed by atoms with Crippen molar-refractivity contribution < 1.29 is 4.92 Å². The highest BCUT2D eigenvalue weighted by atomic mass is 35.5. The van der Waals surface area contributed by atoms with Crippen LogP contribution in [0.4, 0.5) is 11.4 Å². The number of nitro benzene ring substituents is 1. The van der Waals surface area contributed by atoms with Crippen LogP contribution in [0.5, 0.6) is 0 Å². The number of rotatable bonds is 2. The third-order valence-electron chi connectivity index (χ3n) is 4.36. The van der Waals surface area contributed by atoms with Gasteiger partial charge < -0.3 is 10.7 Å². The standard InChI is InChI=1S/C16H12Cl2N4O2/c17-9-3-1-8(2-4-9)14-12-7-19-16-11(15(12)21-20-14)5-10(18)6-13(16)22(23)24/h1-6,12,14,19-20H,7H2. The van der Waals surface area contributed by atoms with Crippen molar-refractivity contribution in [3.8, 4) is 0 Å². The Hall–Kier alpha value is -2.31. The zero-order valence-corrected chi connectivity index (χ0v) is 13.8. The summed E-state index contributed by atoms with van der Waals surface area (Å²) < 4.78 is 0. The molecule has 0 saturated carbocycles. The highest BCUT2D eigenvalue weighted by Gasteiger charge is 2.39. The Morgan fingerprint density at radius 3 is 2.62 bits per heavy atom. The SMILES string of the molecule is O=[N+]([O-])c1cc(Cl)cc2c1NCC1C2=NNC1c1ccc(Cl)cc1. The van der Waals surface area contributed by atoms with Gasteiger partial charge in [0.2, 0.25) is 0 Å². The summed E-state index contributed by atoms with van der Waals surface area (Å²) in [6.07, 6.45) is 0. The van der Waals surface area contributed by atoms with Crippen molar-refractivity contribution in [1.29, 1.82) is 0 Å². The first-order valence-corrected chi connectivity index (χ1v) is 8.11. The molecule has 24 heavy (non-hydrogen) atoms. The molecule has 0 spiro atoms. The summed E-state index contributed by atoms with van der Waals surface area (Å²) in [6, 6.07) is 10.6. The average Bonchev–Trinajstić information content (AvgIpc) is 2.99. The molecule has 0 bridgehead atoms. The minimum absolute atomic E-state index is 0.0176. The number of nitrogens with one attached hydrogen (secondary N) is 2. The van der Waals surface area contributed by atoms with E-state index in [1.165, 1.54) is 6.07 Å². The number of halogens is 2. The van der Waals surface area contributed by atoms with Gasteiger partial charge in [-0.25, -0.2) is 0 Å². The Morgan fingerprint density at radius 2 is 1.92 bits per heavy atom. The lowest BCUT2D eigenvalue weighted by molar-refractivity contribution is -0.384. The summed E-state index contributed by atoms with van der Waals surface area (Å²) in [4.78, 5) is 10.8. The summed E-state index contributed by atoms with van der Waals surface area (Å²) in [6.45, 7) is 0.550. The van der Waals surface area contributed by atoms with Crippen molar-refractivity contribution >= 4 is 40.3 Å². The molecule has 2 N–H and O–H groups in total. The monoisotopic (exact) mass is 362 g/mol. The number of nitro groups is 1. The van der Waals surface area contributed by atoms with Crippen molar-refractivity contribution in [1.82, 2.24) is 5.43 Å². The molecule has 0 fully saturated rings. The van der Waals surface area contributed by atoms with Gasteiger partial charge in [0.1, 0.15) is 5.69 Å². The van der Waals surface area contributed by atoms with Crippen LogP contribution in [-0.2, 0) is 0 Å². The van der Waals surface area contributed by atoms with Crippen LogP contribution in [0.15, 0.2) is 41.5 Å². The van der Waals surface area contributed by atoms with Crippen LogP contribution in [0.25, 0.3) is 0 Å². The normalized spacial score (nSPS) is 21.2. The van der Waals surface area contributed by atoms with Crippen LogP contribution in [0.1, 0.15) is 17.2 Å². The molecule has 6 nitrogen and oxygen atoms in total. The molecule has 2 atom stereocenters. The lowest BCUT2D eigenvalue weighted by Crippen LogP contribution is -2.33. The average molecular weight is 363 g/mol. The molecule has 122 valence electrons. The first-order valence-electron chi connectivity index (χ1n) is 7.35. The molecular weight excluding hydrogens is 351 g/mol. The second kappa shape index (κ2) is 5.65. The largest absolute Gasteiger partial charge is 0.378 e. The molecule has 0 aromatic heterocycles. The third kappa shape index (κ3) is 2.39. The van der Waals surface area contributed by atoms with Gasteiger partial charge in [-0.15, -0.1) is 0 Å². The predicted octanol–water partition coefficient (Wildman–Crippen LogP) is 3.99. The van der Waals surface area contributed by atoms with Gasteiger partial charge in [0, 0.05) is 34.1 Å². The highest BCUT2D eigenvalue weighted by Crippen LogP contribution is 2.41. The lowest BCUT2D eigenvalue weighted by atomic mass is 9.84. The summed E-state index contributed by atoms with van der Waals surface area (Å²) in [5, 5.41) is 19.9. The lowest BCUT2D eigenvalue weighted by Gasteiger charge is -2.27. The number of hydrazone groups is 1. The molecule has 0 saturated heterocycles. The second-order valence-electron chi connectivity index (χ2n) is 5.75. The fourth-order valence-electron chi connectivity index (χ4n) is 3.26. The van der Waals surface area contributed by atoms with E-state index >= 15 is 0 Å². The summed E-state index contributed by atoms with van der Waals surface area (Å²) >= 11 is 12.0. The molecule has 2 aromatic carbocycles. The number of hydrogen-bond acceptors (Lipinski definition) is 5. The van der Waals surface area contributed by atoms with E-state index in [4.69, 9.17) is 23.2 Å². The van der Waals surface area contributed by atoms with Crippen molar-refractivity contribution in [2.24, 2.45) is 11.0 Å². The zero-order chi connectivity index (χ0) is 16.8. The molecule has 8 heteroatoms. The molecule has 0 aliphatic carbocycles. The molecule has 0 radical (unpaired) electrons. The van der Waals surface area contributed by atoms with Crippen LogP contribution < -0.4 is 10.7 Å². The van der Waals surface area contributed by atoms with Gasteiger partial charge in [0.05, 0.1) is 16.7 Å². The molecular formula is C16H12Cl2N4O2. The van der Waals surface area contributed by atoms with E-state index < -0.39 is 4.92 Å². The molecule has 2 aliphatic rings. The number of anilines is 1. The van der Waals surface area contributed by atoms with Crippen molar-refractivity contribution in [2.45, 2.75) is 6.04 Å². The maximum absolute atomic E-state index is 11.3. The van der Waals surface area contributed by atoms with Gasteiger partial charge in [-0.1, -0.05) is 35.3 Å². The van der Waals surface area contributed by atoms with Crippen LogP contribution in [-0.4, -0.2) is 17.2 Å². The van der Waals surface area contributed by atoms with E-state index in [0.717, 1.165) is 11.3 Å². The summed E-state index contributed by atoms with van der Waals surface area (Å²) in [5.74, 6) is 0.0525. The molecule has 0 amide bonds. The Balaban J connectivity index is 1.74. The van der Waals surface area contributed by atoms with Crippen LogP contribution in [0.3, 0.4) is 0 Å². The Bertz CT molecular complexity index is 867. The number of hydrogen-bond donors (Lipinski definition) is 2. The summed E-state index contributed by atoms with van der Waals surface area (Å²) in [7, 11) is 0. The smallest absolute Gasteiger partial charge is 0.294 e. The highest BCUT2D eigenvalue weighted by molar-refractivity contribution is 6.32. The predicted molar refractivity (Wildman–Crippen MR) is 94.0 cm³/mol. The third-order valence-corrected chi connectivity index (χ3v) is 4.83.